The van der Waals surface area contributed by atoms with Crippen molar-refractivity contribution in [2.45, 2.75) is 51.4 Å². The summed E-state index contributed by atoms with van der Waals surface area (Å²) in [4.78, 5) is 17.0. The van der Waals surface area contributed by atoms with Gasteiger partial charge in [-0.2, -0.15) is 0 Å². The lowest BCUT2D eigenvalue weighted by atomic mass is 10.2. The van der Waals surface area contributed by atoms with Gasteiger partial charge in [0.15, 0.2) is 8.32 Å². The topological polar surface area (TPSA) is 38.8 Å². The molecule has 0 aromatic rings. The number of hydrogen-bond acceptors (Lipinski definition) is 3. The molecule has 1 aliphatic carbocycles. The number of hydrogen-bond donors (Lipinski definition) is 0. The third kappa shape index (κ3) is 3.71. The van der Waals surface area contributed by atoms with Crippen LogP contribution in [0.3, 0.4) is 0 Å². The summed E-state index contributed by atoms with van der Waals surface area (Å²) in [6, 6.07) is 0. The molecule has 5 heteroatoms. The minimum Gasteiger partial charge on any atom is -0.410 e. The summed E-state index contributed by atoms with van der Waals surface area (Å²) >= 11 is 0. The van der Waals surface area contributed by atoms with Crippen LogP contribution >= 0.6 is 0 Å². The SMILES string of the molecule is C=C[C@@H](O[Si](C)(C)C(C)(C)C)[C@@H]1C[C@@H]1C(=O)N(C)OC. The lowest BCUT2D eigenvalue weighted by molar-refractivity contribution is -0.170. The van der Waals surface area contributed by atoms with Crippen molar-refractivity contribution in [1.82, 2.24) is 5.06 Å². The molecule has 4 nitrogen and oxygen atoms in total. The highest BCUT2D eigenvalue weighted by Gasteiger charge is 2.51. The number of carbonyl (C=O) groups is 1. The third-order valence-electron chi connectivity index (χ3n) is 4.63. The number of carbonyl (C=O) groups excluding carboxylic acids is 1. The Bertz CT molecular complexity index is 376. The minimum absolute atomic E-state index is 0.00715. The summed E-state index contributed by atoms with van der Waals surface area (Å²) in [5.74, 6) is 0.280. The number of rotatable bonds is 6. The largest absolute Gasteiger partial charge is 0.410 e. The van der Waals surface area contributed by atoms with Crippen molar-refractivity contribution in [3.05, 3.63) is 12.7 Å². The van der Waals surface area contributed by atoms with E-state index in [9.17, 15) is 4.79 Å². The van der Waals surface area contributed by atoms with E-state index >= 15 is 0 Å². The van der Waals surface area contributed by atoms with Gasteiger partial charge < -0.3 is 4.43 Å². The predicted octanol–water partition coefficient (Wildman–Crippen LogP) is 3.22. The molecule has 1 rings (SSSR count). The highest BCUT2D eigenvalue weighted by molar-refractivity contribution is 6.74. The van der Waals surface area contributed by atoms with Crippen LogP contribution in [0.4, 0.5) is 0 Å². The molecule has 0 unspecified atom stereocenters. The second-order valence-corrected chi connectivity index (χ2v) is 11.9. The first-order chi connectivity index (χ1) is 9.05. The lowest BCUT2D eigenvalue weighted by Crippen LogP contribution is -2.44. The molecule has 0 N–H and O–H groups in total. The molecule has 0 spiro atoms. The molecule has 0 saturated heterocycles. The van der Waals surface area contributed by atoms with Crippen molar-refractivity contribution in [2.24, 2.45) is 11.8 Å². The van der Waals surface area contributed by atoms with Gasteiger partial charge in [0, 0.05) is 13.0 Å². The zero-order chi connectivity index (χ0) is 15.7. The van der Waals surface area contributed by atoms with Crippen LogP contribution in [-0.4, -0.2) is 39.5 Å². The molecule has 0 radical (unpaired) electrons. The van der Waals surface area contributed by atoms with E-state index in [2.05, 4.69) is 40.4 Å². The third-order valence-corrected chi connectivity index (χ3v) is 9.11. The van der Waals surface area contributed by atoms with E-state index in [1.807, 2.05) is 6.08 Å². The molecule has 1 amide bonds. The fourth-order valence-corrected chi connectivity index (χ4v) is 3.32. The van der Waals surface area contributed by atoms with E-state index in [4.69, 9.17) is 9.26 Å². The van der Waals surface area contributed by atoms with Crippen LogP contribution in [0.1, 0.15) is 27.2 Å². The average Bonchev–Trinajstić information content (AvgIpc) is 3.12. The van der Waals surface area contributed by atoms with Gasteiger partial charge in [-0.25, -0.2) is 5.06 Å². The van der Waals surface area contributed by atoms with Crippen molar-refractivity contribution in [3.63, 3.8) is 0 Å². The summed E-state index contributed by atoms with van der Waals surface area (Å²) in [6.45, 7) is 15.0. The molecule has 116 valence electrons. The second-order valence-electron chi connectivity index (χ2n) is 7.10. The van der Waals surface area contributed by atoms with Crippen LogP contribution in [0.15, 0.2) is 12.7 Å². The number of amides is 1. The quantitative estimate of drug-likeness (QED) is 0.429. The molecule has 0 aromatic heterocycles. The molecule has 0 aliphatic heterocycles. The molecule has 3 atom stereocenters. The van der Waals surface area contributed by atoms with E-state index in [0.29, 0.717) is 0 Å². The van der Waals surface area contributed by atoms with E-state index in [0.717, 1.165) is 6.42 Å². The number of hydroxylamine groups is 2. The Hall–Kier alpha value is -0.653. The van der Waals surface area contributed by atoms with Gasteiger partial charge in [-0.1, -0.05) is 26.8 Å². The highest BCUT2D eigenvalue weighted by atomic mass is 28.4. The molecule has 20 heavy (non-hydrogen) atoms. The zero-order valence-electron chi connectivity index (χ0n) is 13.9. The Labute approximate surface area is 124 Å². The van der Waals surface area contributed by atoms with Crippen LogP contribution in [-0.2, 0) is 14.1 Å². The maximum Gasteiger partial charge on any atom is 0.249 e. The van der Waals surface area contributed by atoms with Crippen molar-refractivity contribution in [3.8, 4) is 0 Å². The Morgan fingerprint density at radius 1 is 1.45 bits per heavy atom. The Morgan fingerprint density at radius 3 is 2.40 bits per heavy atom. The van der Waals surface area contributed by atoms with Crippen LogP contribution < -0.4 is 0 Å². The molecule has 1 fully saturated rings. The fraction of sp³-hybridized carbons (Fsp3) is 0.800. The molecule has 0 heterocycles. The predicted molar refractivity (Wildman–Crippen MR) is 83.6 cm³/mol. The molecule has 1 aliphatic rings. The van der Waals surface area contributed by atoms with Crippen molar-refractivity contribution in [1.29, 1.82) is 0 Å². The van der Waals surface area contributed by atoms with Gasteiger partial charge in [0.1, 0.15) is 0 Å². The van der Waals surface area contributed by atoms with Crippen LogP contribution in [0.2, 0.25) is 18.1 Å². The van der Waals surface area contributed by atoms with E-state index in [1.165, 1.54) is 12.2 Å². The normalized spacial score (nSPS) is 24.1. The van der Waals surface area contributed by atoms with Gasteiger partial charge in [-0.3, -0.25) is 9.63 Å². The van der Waals surface area contributed by atoms with E-state index in [1.54, 1.807) is 7.05 Å². The maximum absolute atomic E-state index is 12.1. The van der Waals surface area contributed by atoms with Crippen molar-refractivity contribution >= 4 is 14.2 Å². The molecule has 0 bridgehead atoms. The van der Waals surface area contributed by atoms with Gasteiger partial charge in [-0.05, 0) is 30.5 Å². The molecule has 1 saturated carbocycles. The lowest BCUT2D eigenvalue weighted by Gasteiger charge is -2.38. The van der Waals surface area contributed by atoms with Gasteiger partial charge in [0.2, 0.25) is 5.91 Å². The Kier molecular flexibility index (Phi) is 5.22. The molecular formula is C15H29NO3Si. The first kappa shape index (κ1) is 17.4. The first-order valence-electron chi connectivity index (χ1n) is 7.17. The Morgan fingerprint density at radius 2 is 2.00 bits per heavy atom. The van der Waals surface area contributed by atoms with E-state index < -0.39 is 8.32 Å². The zero-order valence-corrected chi connectivity index (χ0v) is 14.9. The summed E-state index contributed by atoms with van der Waals surface area (Å²) in [5, 5.41) is 1.46. The minimum atomic E-state index is -1.84. The average molecular weight is 299 g/mol. The van der Waals surface area contributed by atoms with Crippen LogP contribution in [0.5, 0.6) is 0 Å². The second kappa shape index (κ2) is 5.99. The summed E-state index contributed by atoms with van der Waals surface area (Å²) in [6.07, 6.45) is 2.68. The summed E-state index contributed by atoms with van der Waals surface area (Å²) in [7, 11) is 1.32. The van der Waals surface area contributed by atoms with Gasteiger partial charge in [0.05, 0.1) is 13.2 Å². The monoisotopic (exact) mass is 299 g/mol. The molecular weight excluding hydrogens is 270 g/mol. The standard InChI is InChI=1S/C15H29NO3Si/c1-9-13(19-20(7,8)15(2,3)4)11-10-12(11)14(17)16(5)18-6/h9,11-13H,1,10H2,2-8H3/t11-,12+,13-/m1/s1. The molecule has 0 aromatic carbocycles. The van der Waals surface area contributed by atoms with Crippen molar-refractivity contribution in [2.75, 3.05) is 14.2 Å². The van der Waals surface area contributed by atoms with Gasteiger partial charge in [-0.15, -0.1) is 6.58 Å². The van der Waals surface area contributed by atoms with E-state index in [-0.39, 0.29) is 28.9 Å². The maximum atomic E-state index is 12.1. The summed E-state index contributed by atoms with van der Waals surface area (Å²) < 4.78 is 6.38. The highest BCUT2D eigenvalue weighted by Crippen LogP contribution is 2.47. The Balaban J connectivity index is 2.67. The van der Waals surface area contributed by atoms with Crippen LogP contribution in [0.25, 0.3) is 0 Å². The van der Waals surface area contributed by atoms with Gasteiger partial charge >= 0.3 is 0 Å². The fourth-order valence-electron chi connectivity index (χ4n) is 2.01. The summed E-state index contributed by atoms with van der Waals surface area (Å²) in [5.41, 5.74) is 0. The van der Waals surface area contributed by atoms with Gasteiger partial charge in [0.25, 0.3) is 0 Å². The van der Waals surface area contributed by atoms with Crippen LogP contribution in [0, 0.1) is 11.8 Å². The van der Waals surface area contributed by atoms with Crippen molar-refractivity contribution < 1.29 is 14.1 Å². The smallest absolute Gasteiger partial charge is 0.249 e. The first-order valence-corrected chi connectivity index (χ1v) is 10.1. The number of nitrogens with zero attached hydrogens (tertiary/aromatic N) is 1.